The quantitative estimate of drug-likeness (QED) is 0.742. The van der Waals surface area contributed by atoms with Crippen LogP contribution in [0.25, 0.3) is 0 Å². The lowest BCUT2D eigenvalue weighted by Crippen LogP contribution is -2.39. The van der Waals surface area contributed by atoms with Crippen LogP contribution >= 0.6 is 0 Å². The monoisotopic (exact) mass is 353 g/mol. The highest BCUT2D eigenvalue weighted by Gasteiger charge is 2.21. The molecule has 0 aliphatic heterocycles. The summed E-state index contributed by atoms with van der Waals surface area (Å²) in [5.74, 6) is 0.663. The highest BCUT2D eigenvalue weighted by Crippen LogP contribution is 2.22. The van der Waals surface area contributed by atoms with E-state index in [-0.39, 0.29) is 11.9 Å². The fourth-order valence-electron chi connectivity index (χ4n) is 3.12. The first kappa shape index (κ1) is 20.0. The zero-order chi connectivity index (χ0) is 19.3. The summed E-state index contributed by atoms with van der Waals surface area (Å²) in [4.78, 5) is 12.7. The maximum atomic E-state index is 12.7. The number of hydrogen-bond acceptors (Lipinski definition) is 2. The van der Waals surface area contributed by atoms with Gasteiger partial charge in [-0.1, -0.05) is 38.1 Å². The van der Waals surface area contributed by atoms with Crippen molar-refractivity contribution in [3.05, 3.63) is 64.2 Å². The SMILES string of the molecule is CCc1ccc(O[C@H](CC)C(=O)N[C@@H](C)c2cc(C)c(C)cc2C)cc1. The van der Waals surface area contributed by atoms with Gasteiger partial charge in [-0.15, -0.1) is 0 Å². The van der Waals surface area contributed by atoms with Crippen molar-refractivity contribution in [2.75, 3.05) is 0 Å². The third-order valence-electron chi connectivity index (χ3n) is 4.98. The first-order valence-electron chi connectivity index (χ1n) is 9.49. The van der Waals surface area contributed by atoms with Crippen molar-refractivity contribution in [2.45, 2.75) is 66.5 Å². The molecule has 0 aliphatic rings. The second-order valence-electron chi connectivity index (χ2n) is 7.04. The predicted octanol–water partition coefficient (Wildman–Crippen LogP) is 5.21. The van der Waals surface area contributed by atoms with Crippen LogP contribution in [-0.4, -0.2) is 12.0 Å². The minimum absolute atomic E-state index is 0.0538. The number of nitrogens with one attached hydrogen (secondary N) is 1. The van der Waals surface area contributed by atoms with Crippen LogP contribution in [0.3, 0.4) is 0 Å². The topological polar surface area (TPSA) is 38.3 Å². The molecule has 0 aliphatic carbocycles. The van der Waals surface area contributed by atoms with E-state index in [0.717, 1.165) is 17.7 Å². The molecule has 2 atom stereocenters. The smallest absolute Gasteiger partial charge is 0.261 e. The van der Waals surface area contributed by atoms with Crippen LogP contribution < -0.4 is 10.1 Å². The molecule has 1 N–H and O–H groups in total. The number of ether oxygens (including phenoxy) is 1. The van der Waals surface area contributed by atoms with Crippen molar-refractivity contribution in [1.82, 2.24) is 5.32 Å². The van der Waals surface area contributed by atoms with E-state index in [1.807, 2.05) is 38.1 Å². The molecule has 3 heteroatoms. The van der Waals surface area contributed by atoms with Crippen LogP contribution in [0.1, 0.15) is 61.1 Å². The first-order chi connectivity index (χ1) is 12.3. The number of rotatable bonds is 7. The molecule has 26 heavy (non-hydrogen) atoms. The van der Waals surface area contributed by atoms with Crippen molar-refractivity contribution >= 4 is 5.91 Å². The van der Waals surface area contributed by atoms with Crippen molar-refractivity contribution in [3.8, 4) is 5.75 Å². The van der Waals surface area contributed by atoms with Gasteiger partial charge >= 0.3 is 0 Å². The Morgan fingerprint density at radius 1 is 1.00 bits per heavy atom. The molecule has 0 radical (unpaired) electrons. The molecule has 2 rings (SSSR count). The number of aryl methyl sites for hydroxylation is 4. The summed E-state index contributed by atoms with van der Waals surface area (Å²) in [6, 6.07) is 12.2. The summed E-state index contributed by atoms with van der Waals surface area (Å²) >= 11 is 0. The second-order valence-corrected chi connectivity index (χ2v) is 7.04. The normalized spacial score (nSPS) is 13.2. The van der Waals surface area contributed by atoms with Gasteiger partial charge in [0.2, 0.25) is 0 Å². The van der Waals surface area contributed by atoms with E-state index in [9.17, 15) is 4.79 Å². The van der Waals surface area contributed by atoms with Crippen molar-refractivity contribution < 1.29 is 9.53 Å². The molecule has 0 spiro atoms. The van der Waals surface area contributed by atoms with Gasteiger partial charge < -0.3 is 10.1 Å². The van der Waals surface area contributed by atoms with Crippen molar-refractivity contribution in [2.24, 2.45) is 0 Å². The Bertz CT molecular complexity index is 750. The molecule has 1 amide bonds. The maximum absolute atomic E-state index is 12.7. The summed E-state index contributed by atoms with van der Waals surface area (Å²) in [6.45, 7) is 12.4. The Morgan fingerprint density at radius 3 is 2.19 bits per heavy atom. The second kappa shape index (κ2) is 8.88. The van der Waals surface area contributed by atoms with Crippen LogP contribution in [0.5, 0.6) is 5.75 Å². The standard InChI is InChI=1S/C23H31NO2/c1-7-19-9-11-20(12-10-19)26-22(8-2)23(25)24-18(6)21-14-16(4)15(3)13-17(21)5/h9-14,18,22H,7-8H2,1-6H3,(H,24,25)/t18-,22+/m0/s1. The molecule has 2 aromatic carbocycles. The van der Waals surface area contributed by atoms with Gasteiger partial charge in [0.05, 0.1) is 6.04 Å². The van der Waals surface area contributed by atoms with E-state index in [0.29, 0.717) is 6.42 Å². The Kier molecular flexibility index (Phi) is 6.84. The highest BCUT2D eigenvalue weighted by atomic mass is 16.5. The Morgan fingerprint density at radius 2 is 1.62 bits per heavy atom. The van der Waals surface area contributed by atoms with Gasteiger partial charge in [-0.05, 0) is 80.5 Å². The number of amides is 1. The lowest BCUT2D eigenvalue weighted by atomic mass is 9.96. The zero-order valence-electron chi connectivity index (χ0n) is 16.8. The molecule has 0 unspecified atom stereocenters. The van der Waals surface area contributed by atoms with Crippen LogP contribution in [0.15, 0.2) is 36.4 Å². The summed E-state index contributed by atoms with van der Waals surface area (Å²) in [5, 5.41) is 3.11. The van der Waals surface area contributed by atoms with Gasteiger partial charge in [0.25, 0.3) is 5.91 Å². The highest BCUT2D eigenvalue weighted by molar-refractivity contribution is 5.81. The average molecular weight is 354 g/mol. The summed E-state index contributed by atoms with van der Waals surface area (Å²) in [5.41, 5.74) is 6.13. The van der Waals surface area contributed by atoms with E-state index >= 15 is 0 Å². The molecule has 0 saturated carbocycles. The van der Waals surface area contributed by atoms with E-state index < -0.39 is 6.10 Å². The van der Waals surface area contributed by atoms with E-state index in [1.165, 1.54) is 22.3 Å². The van der Waals surface area contributed by atoms with Gasteiger partial charge in [-0.25, -0.2) is 0 Å². The Labute approximate surface area is 157 Å². The Balaban J connectivity index is 2.07. The zero-order valence-corrected chi connectivity index (χ0v) is 16.8. The molecule has 0 fully saturated rings. The van der Waals surface area contributed by atoms with Gasteiger partial charge in [0.1, 0.15) is 5.75 Å². The van der Waals surface area contributed by atoms with Gasteiger partial charge in [0.15, 0.2) is 6.10 Å². The molecular weight excluding hydrogens is 322 g/mol. The minimum Gasteiger partial charge on any atom is -0.481 e. The third-order valence-corrected chi connectivity index (χ3v) is 4.98. The van der Waals surface area contributed by atoms with Gasteiger partial charge in [-0.3, -0.25) is 4.79 Å². The molecule has 0 saturated heterocycles. The van der Waals surface area contributed by atoms with Crippen LogP contribution in [0.4, 0.5) is 0 Å². The lowest BCUT2D eigenvalue weighted by Gasteiger charge is -2.22. The fourth-order valence-corrected chi connectivity index (χ4v) is 3.12. The molecule has 3 nitrogen and oxygen atoms in total. The number of hydrogen-bond donors (Lipinski definition) is 1. The first-order valence-corrected chi connectivity index (χ1v) is 9.49. The molecule has 0 aromatic heterocycles. The van der Waals surface area contributed by atoms with Gasteiger partial charge in [-0.2, -0.15) is 0 Å². The summed E-state index contributed by atoms with van der Waals surface area (Å²) < 4.78 is 5.92. The minimum atomic E-state index is -0.489. The number of benzene rings is 2. The van der Waals surface area contributed by atoms with E-state index in [4.69, 9.17) is 4.74 Å². The maximum Gasteiger partial charge on any atom is 0.261 e. The third kappa shape index (κ3) is 4.87. The van der Waals surface area contributed by atoms with Crippen LogP contribution in [0, 0.1) is 20.8 Å². The number of carbonyl (C=O) groups excluding carboxylic acids is 1. The van der Waals surface area contributed by atoms with Crippen molar-refractivity contribution in [1.29, 1.82) is 0 Å². The van der Waals surface area contributed by atoms with Crippen molar-refractivity contribution in [3.63, 3.8) is 0 Å². The average Bonchev–Trinajstić information content (AvgIpc) is 2.62. The van der Waals surface area contributed by atoms with E-state index in [2.05, 4.69) is 45.1 Å². The summed E-state index contributed by atoms with van der Waals surface area (Å²) in [7, 11) is 0. The fraction of sp³-hybridized carbons (Fsp3) is 0.435. The molecule has 0 heterocycles. The van der Waals surface area contributed by atoms with Crippen LogP contribution in [-0.2, 0) is 11.2 Å². The largest absolute Gasteiger partial charge is 0.481 e. The van der Waals surface area contributed by atoms with Gasteiger partial charge in [0, 0.05) is 0 Å². The van der Waals surface area contributed by atoms with E-state index in [1.54, 1.807) is 0 Å². The molecule has 0 bridgehead atoms. The predicted molar refractivity (Wildman–Crippen MR) is 108 cm³/mol. The summed E-state index contributed by atoms with van der Waals surface area (Å²) in [6.07, 6.45) is 1.13. The molecular formula is C23H31NO2. The molecule has 2 aromatic rings. The number of carbonyl (C=O) groups is 1. The molecule has 140 valence electrons. The lowest BCUT2D eigenvalue weighted by molar-refractivity contribution is -0.128. The van der Waals surface area contributed by atoms with Crippen LogP contribution in [0.2, 0.25) is 0 Å². The Hall–Kier alpha value is -2.29.